The van der Waals surface area contributed by atoms with Crippen LogP contribution in [-0.2, 0) is 9.53 Å². The number of aromatic nitrogens is 1. The predicted octanol–water partition coefficient (Wildman–Crippen LogP) is 8.12. The third kappa shape index (κ3) is 8.51. The highest BCUT2D eigenvalue weighted by Gasteiger charge is 2.33. The Morgan fingerprint density at radius 2 is 1.85 bits per heavy atom. The molecule has 1 atom stereocenters. The average molecular weight is 525 g/mol. The normalized spacial score (nSPS) is 18.1. The van der Waals surface area contributed by atoms with E-state index in [1.165, 1.54) is 11.1 Å². The van der Waals surface area contributed by atoms with Crippen LogP contribution in [0.4, 0.5) is 5.69 Å². The zero-order valence-corrected chi connectivity index (χ0v) is 24.0. The van der Waals surface area contributed by atoms with E-state index in [1.807, 2.05) is 68.5 Å². The van der Waals surface area contributed by atoms with Crippen LogP contribution in [0.1, 0.15) is 76.4 Å². The van der Waals surface area contributed by atoms with E-state index in [9.17, 15) is 9.59 Å². The Kier molecular flexibility index (Phi) is 10.4. The number of carbonyl (C=O) groups is 2. The van der Waals surface area contributed by atoms with Crippen LogP contribution in [0.15, 0.2) is 107 Å². The molecule has 1 N–H and O–H groups in total. The molecule has 1 amide bonds. The molecule has 1 aromatic heterocycles. The molecule has 1 aliphatic carbocycles. The summed E-state index contributed by atoms with van der Waals surface area (Å²) in [5.74, 6) is -0.302. The Hall–Kier alpha value is -3.99. The maximum atomic E-state index is 12.3. The van der Waals surface area contributed by atoms with Gasteiger partial charge < -0.3 is 10.1 Å². The Morgan fingerprint density at radius 3 is 2.56 bits per heavy atom. The smallest absolute Gasteiger partial charge is 0.338 e. The van der Waals surface area contributed by atoms with E-state index in [0.717, 1.165) is 35.4 Å². The summed E-state index contributed by atoms with van der Waals surface area (Å²) < 4.78 is 5.18. The summed E-state index contributed by atoms with van der Waals surface area (Å²) in [5.41, 5.74) is 6.82. The van der Waals surface area contributed by atoms with Gasteiger partial charge in [0.1, 0.15) is 0 Å². The summed E-state index contributed by atoms with van der Waals surface area (Å²) >= 11 is 0. The topological polar surface area (TPSA) is 68.3 Å². The molecule has 1 unspecified atom stereocenters. The third-order valence-electron chi connectivity index (χ3n) is 7.02. The fourth-order valence-electron chi connectivity index (χ4n) is 4.86. The first-order chi connectivity index (χ1) is 18.6. The molecular weight excluding hydrogens is 484 g/mol. The summed E-state index contributed by atoms with van der Waals surface area (Å²) in [7, 11) is 0. The molecule has 0 bridgehead atoms. The van der Waals surface area contributed by atoms with Crippen molar-refractivity contribution < 1.29 is 14.3 Å². The molecule has 0 saturated heterocycles. The molecule has 1 heterocycles. The van der Waals surface area contributed by atoms with Gasteiger partial charge in [0.2, 0.25) is 5.91 Å². The van der Waals surface area contributed by atoms with Crippen molar-refractivity contribution in [2.45, 2.75) is 60.3 Å². The number of amides is 1. The minimum absolute atomic E-state index is 0.0391. The van der Waals surface area contributed by atoms with Gasteiger partial charge in [-0.2, -0.15) is 0 Å². The zero-order valence-electron chi connectivity index (χ0n) is 24.0. The fraction of sp³-hybridized carbons (Fsp3) is 0.324. The van der Waals surface area contributed by atoms with E-state index in [4.69, 9.17) is 4.74 Å². The molecule has 0 spiro atoms. The average Bonchev–Trinajstić information content (AvgIpc) is 2.89. The number of hydrogen-bond donors (Lipinski definition) is 1. The molecule has 3 rings (SSSR count). The minimum atomic E-state index is -0.310. The maximum absolute atomic E-state index is 12.3. The fourth-order valence-corrected chi connectivity index (χ4v) is 4.86. The first kappa shape index (κ1) is 29.6. The van der Waals surface area contributed by atoms with Gasteiger partial charge in [-0.15, -0.1) is 0 Å². The van der Waals surface area contributed by atoms with Gasteiger partial charge in [-0.1, -0.05) is 73.6 Å². The zero-order chi connectivity index (χ0) is 28.4. The summed E-state index contributed by atoms with van der Waals surface area (Å²) in [4.78, 5) is 29.1. The van der Waals surface area contributed by atoms with Crippen molar-refractivity contribution in [1.29, 1.82) is 0 Å². The van der Waals surface area contributed by atoms with Crippen LogP contribution in [0.3, 0.4) is 0 Å². The molecule has 5 heteroatoms. The van der Waals surface area contributed by atoms with Crippen LogP contribution >= 0.6 is 0 Å². The van der Waals surface area contributed by atoms with Gasteiger partial charge in [0.05, 0.1) is 12.2 Å². The number of nitrogens with zero attached hydrogens (tertiary/aromatic N) is 1. The van der Waals surface area contributed by atoms with Gasteiger partial charge in [-0.3, -0.25) is 9.78 Å². The molecule has 0 aliphatic heterocycles. The van der Waals surface area contributed by atoms with Crippen molar-refractivity contribution >= 4 is 17.6 Å². The quantitative estimate of drug-likeness (QED) is 0.204. The lowest BCUT2D eigenvalue weighted by Crippen LogP contribution is -2.24. The minimum Gasteiger partial charge on any atom is -0.462 e. The Morgan fingerprint density at radius 1 is 1.10 bits per heavy atom. The number of nitrogens with one attached hydrogen (secondary N) is 1. The number of hydrogen-bond acceptors (Lipinski definition) is 4. The van der Waals surface area contributed by atoms with Crippen molar-refractivity contribution in [3.8, 4) is 0 Å². The van der Waals surface area contributed by atoms with E-state index < -0.39 is 0 Å². The molecule has 0 fully saturated rings. The molecule has 1 aliphatic rings. The molecule has 1 aromatic carbocycles. The van der Waals surface area contributed by atoms with Crippen LogP contribution in [0.5, 0.6) is 0 Å². The standard InChI is InChI=1S/C34H40N2O3/c1-7-39-33(38)27-19-21-35-31(23-27)29-18-20-34(5,6)30(26(29)4)17-16-24(2)12-11-13-25(3)22-32(37)36-28-14-9-8-10-15-28/h8-17,19,21-23,29H,7,18,20H2,1-6H3,(H,36,37)/b13-11+,17-16+,24-12+,25-22-. The van der Waals surface area contributed by atoms with E-state index in [2.05, 4.69) is 50.1 Å². The van der Waals surface area contributed by atoms with Crippen molar-refractivity contribution in [2.24, 2.45) is 5.41 Å². The number of para-hydroxylation sites is 1. The summed E-state index contributed by atoms with van der Waals surface area (Å²) in [6.45, 7) is 12.9. The van der Waals surface area contributed by atoms with Crippen LogP contribution in [0, 0.1) is 5.41 Å². The van der Waals surface area contributed by atoms with Gasteiger partial charge >= 0.3 is 5.97 Å². The van der Waals surface area contributed by atoms with Gasteiger partial charge in [-0.05, 0) is 81.4 Å². The van der Waals surface area contributed by atoms with Crippen molar-refractivity contribution in [1.82, 2.24) is 4.98 Å². The number of rotatable bonds is 9. The molecule has 39 heavy (non-hydrogen) atoms. The van der Waals surface area contributed by atoms with Gasteiger partial charge in [0.25, 0.3) is 0 Å². The maximum Gasteiger partial charge on any atom is 0.338 e. The summed E-state index contributed by atoms with van der Waals surface area (Å²) in [6.07, 6.45) is 15.6. The molecule has 0 saturated carbocycles. The second-order valence-corrected chi connectivity index (χ2v) is 10.6. The number of anilines is 1. The lowest BCUT2D eigenvalue weighted by atomic mass is 9.68. The molecule has 0 radical (unpaired) electrons. The van der Waals surface area contributed by atoms with Crippen LogP contribution in [0.25, 0.3) is 0 Å². The number of benzene rings is 1. The second-order valence-electron chi connectivity index (χ2n) is 10.6. The lowest BCUT2D eigenvalue weighted by molar-refractivity contribution is -0.111. The van der Waals surface area contributed by atoms with Gasteiger partial charge in [-0.25, -0.2) is 4.79 Å². The van der Waals surface area contributed by atoms with Crippen LogP contribution < -0.4 is 5.32 Å². The third-order valence-corrected chi connectivity index (χ3v) is 7.02. The van der Waals surface area contributed by atoms with Crippen molar-refractivity contribution in [3.05, 3.63) is 119 Å². The van der Waals surface area contributed by atoms with Crippen LogP contribution in [0.2, 0.25) is 0 Å². The SMILES string of the molecule is CCOC(=O)c1ccnc(C2CCC(C)(C)C(/C=C/C(C)=C/C=C/C(C)=C\C(=O)Nc3ccccc3)=C2C)c1. The Bertz CT molecular complexity index is 1330. The van der Waals surface area contributed by atoms with Crippen molar-refractivity contribution in [2.75, 3.05) is 11.9 Å². The lowest BCUT2D eigenvalue weighted by Gasteiger charge is -2.37. The highest BCUT2D eigenvalue weighted by Crippen LogP contribution is 2.46. The number of carbonyl (C=O) groups excluding carboxylic acids is 2. The number of esters is 1. The van der Waals surface area contributed by atoms with Gasteiger partial charge in [0.15, 0.2) is 0 Å². The predicted molar refractivity (Wildman–Crippen MR) is 160 cm³/mol. The molecule has 5 nitrogen and oxygen atoms in total. The van der Waals surface area contributed by atoms with E-state index >= 15 is 0 Å². The first-order valence-corrected chi connectivity index (χ1v) is 13.5. The van der Waals surface area contributed by atoms with E-state index in [-0.39, 0.29) is 23.2 Å². The Balaban J connectivity index is 1.73. The first-order valence-electron chi connectivity index (χ1n) is 13.5. The number of ether oxygens (including phenoxy) is 1. The highest BCUT2D eigenvalue weighted by molar-refractivity contribution is 5.99. The largest absolute Gasteiger partial charge is 0.462 e. The van der Waals surface area contributed by atoms with Crippen molar-refractivity contribution in [3.63, 3.8) is 0 Å². The highest BCUT2D eigenvalue weighted by atomic mass is 16.5. The van der Waals surface area contributed by atoms with Gasteiger partial charge in [0, 0.05) is 29.6 Å². The van der Waals surface area contributed by atoms with E-state index in [1.54, 1.807) is 18.3 Å². The molecular formula is C34H40N2O3. The molecule has 204 valence electrons. The number of pyridine rings is 1. The Labute approximate surface area is 233 Å². The van der Waals surface area contributed by atoms with Crippen LogP contribution in [-0.4, -0.2) is 23.5 Å². The molecule has 2 aromatic rings. The van der Waals surface area contributed by atoms with E-state index in [0.29, 0.717) is 12.2 Å². The summed E-state index contributed by atoms with van der Waals surface area (Å²) in [6, 6.07) is 13.0. The second kappa shape index (κ2) is 13.7. The summed E-state index contributed by atoms with van der Waals surface area (Å²) in [5, 5.41) is 2.86. The monoisotopic (exact) mass is 524 g/mol. The number of allylic oxidation sites excluding steroid dienone is 9.